The Morgan fingerprint density at radius 1 is 1.28 bits per heavy atom. The third-order valence-corrected chi connectivity index (χ3v) is 4.93. The number of nitrogens with one attached hydrogen (secondary N) is 1. The Morgan fingerprint density at radius 2 is 2.16 bits per heavy atom. The van der Waals surface area contributed by atoms with Crippen LogP contribution in [0.3, 0.4) is 0 Å². The van der Waals surface area contributed by atoms with E-state index in [9.17, 15) is 4.79 Å². The van der Waals surface area contributed by atoms with Crippen LogP contribution >= 0.6 is 0 Å². The smallest absolute Gasteiger partial charge is 0.253 e. The van der Waals surface area contributed by atoms with Crippen LogP contribution < -0.4 is 5.32 Å². The molecule has 1 aliphatic carbocycles. The van der Waals surface area contributed by atoms with Gasteiger partial charge in [-0.15, -0.1) is 0 Å². The molecule has 6 nitrogen and oxygen atoms in total. The van der Waals surface area contributed by atoms with E-state index in [2.05, 4.69) is 44.3 Å². The molecule has 25 heavy (non-hydrogen) atoms. The first-order valence-electron chi connectivity index (χ1n) is 8.88. The first-order valence-corrected chi connectivity index (χ1v) is 8.88. The number of amides is 1. The maximum absolute atomic E-state index is 12.3. The Labute approximate surface area is 146 Å². The number of fused-ring (bicyclic) bond motifs is 2. The lowest BCUT2D eigenvalue weighted by Gasteiger charge is -2.26. The van der Waals surface area contributed by atoms with E-state index >= 15 is 0 Å². The van der Waals surface area contributed by atoms with Gasteiger partial charge in [-0.3, -0.25) is 10.1 Å². The van der Waals surface area contributed by atoms with Crippen molar-refractivity contribution in [3.8, 4) is 0 Å². The van der Waals surface area contributed by atoms with Crippen LogP contribution in [0.1, 0.15) is 43.9 Å². The number of aromatic nitrogens is 2. The first-order chi connectivity index (χ1) is 12.1. The number of carbonyl (C=O) groups is 1. The molecule has 1 N–H and O–H groups in total. The van der Waals surface area contributed by atoms with Crippen molar-refractivity contribution < 1.29 is 4.79 Å². The van der Waals surface area contributed by atoms with Gasteiger partial charge in [-0.05, 0) is 50.3 Å². The molecule has 2 aliphatic rings. The molecule has 1 amide bonds. The summed E-state index contributed by atoms with van der Waals surface area (Å²) in [5.74, 6) is 0.554. The van der Waals surface area contributed by atoms with Gasteiger partial charge in [0.05, 0.1) is 17.1 Å². The molecular formula is C19H21N5O. The number of guanidine groups is 1. The van der Waals surface area contributed by atoms with Crippen molar-refractivity contribution in [1.29, 1.82) is 0 Å². The number of benzene rings is 1. The van der Waals surface area contributed by atoms with Gasteiger partial charge in [0, 0.05) is 11.1 Å². The van der Waals surface area contributed by atoms with Gasteiger partial charge in [-0.25, -0.2) is 15.0 Å². The van der Waals surface area contributed by atoms with Crippen molar-refractivity contribution in [2.24, 2.45) is 15.9 Å². The van der Waals surface area contributed by atoms with E-state index in [-0.39, 0.29) is 11.8 Å². The summed E-state index contributed by atoms with van der Waals surface area (Å²) in [5, 5.41) is 3.83. The number of aryl methyl sites for hydroxylation is 2. The van der Waals surface area contributed by atoms with E-state index in [0.717, 1.165) is 54.4 Å². The quantitative estimate of drug-likeness (QED) is 0.915. The fraction of sp³-hybridized carbons (Fsp3) is 0.421. The van der Waals surface area contributed by atoms with E-state index in [1.807, 2.05) is 13.0 Å². The van der Waals surface area contributed by atoms with Gasteiger partial charge in [0.2, 0.25) is 11.9 Å². The van der Waals surface area contributed by atoms with Crippen molar-refractivity contribution in [2.75, 3.05) is 0 Å². The summed E-state index contributed by atoms with van der Waals surface area (Å²) in [4.78, 5) is 30.2. The van der Waals surface area contributed by atoms with Crippen LogP contribution in [0.25, 0.3) is 10.9 Å². The number of rotatable bonds is 2. The Hall–Kier alpha value is -2.63. The largest absolute Gasteiger partial charge is 0.294 e. The molecular weight excluding hydrogens is 314 g/mol. The molecule has 1 fully saturated rings. The van der Waals surface area contributed by atoms with Crippen LogP contribution in [-0.2, 0) is 11.2 Å². The number of hydrogen-bond donors (Lipinski definition) is 1. The van der Waals surface area contributed by atoms with E-state index in [4.69, 9.17) is 0 Å². The second kappa shape index (κ2) is 6.35. The van der Waals surface area contributed by atoms with Crippen molar-refractivity contribution in [3.05, 3.63) is 29.5 Å². The van der Waals surface area contributed by atoms with E-state index < -0.39 is 0 Å². The molecule has 0 spiro atoms. The number of aliphatic imine (C=N–C) groups is 2. The van der Waals surface area contributed by atoms with Crippen molar-refractivity contribution >= 4 is 34.4 Å². The summed E-state index contributed by atoms with van der Waals surface area (Å²) >= 11 is 0. The Balaban J connectivity index is 1.72. The van der Waals surface area contributed by atoms with Crippen LogP contribution in [0.4, 0.5) is 5.95 Å². The van der Waals surface area contributed by atoms with Gasteiger partial charge >= 0.3 is 0 Å². The molecule has 6 heteroatoms. The van der Waals surface area contributed by atoms with E-state index in [0.29, 0.717) is 11.9 Å². The van der Waals surface area contributed by atoms with Crippen LogP contribution in [0.5, 0.6) is 0 Å². The van der Waals surface area contributed by atoms with Gasteiger partial charge in [0.25, 0.3) is 5.95 Å². The van der Waals surface area contributed by atoms with Crippen LogP contribution in [0, 0.1) is 12.8 Å². The van der Waals surface area contributed by atoms with Crippen LogP contribution in [0.15, 0.2) is 28.2 Å². The Bertz CT molecular complexity index is 915. The van der Waals surface area contributed by atoms with Gasteiger partial charge in [0.1, 0.15) is 0 Å². The van der Waals surface area contributed by atoms with Crippen molar-refractivity contribution in [2.45, 2.75) is 46.0 Å². The normalized spacial score (nSPS) is 21.8. The first kappa shape index (κ1) is 15.9. The van der Waals surface area contributed by atoms with Gasteiger partial charge in [-0.1, -0.05) is 19.4 Å². The maximum Gasteiger partial charge on any atom is 0.253 e. The predicted molar refractivity (Wildman–Crippen MR) is 98.3 cm³/mol. The van der Waals surface area contributed by atoms with Gasteiger partial charge in [-0.2, -0.15) is 4.99 Å². The van der Waals surface area contributed by atoms with Crippen molar-refractivity contribution in [1.82, 2.24) is 15.3 Å². The molecule has 128 valence electrons. The van der Waals surface area contributed by atoms with E-state index in [1.165, 1.54) is 5.56 Å². The van der Waals surface area contributed by atoms with Crippen molar-refractivity contribution in [3.63, 3.8) is 0 Å². The Morgan fingerprint density at radius 3 is 3.00 bits per heavy atom. The highest BCUT2D eigenvalue weighted by molar-refractivity contribution is 6.18. The number of carbonyl (C=O) groups excluding carboxylic acids is 1. The minimum Gasteiger partial charge on any atom is -0.294 e. The fourth-order valence-corrected chi connectivity index (χ4v) is 3.50. The molecule has 1 aliphatic heterocycles. The lowest BCUT2D eigenvalue weighted by atomic mass is 9.86. The summed E-state index contributed by atoms with van der Waals surface area (Å²) in [6, 6.07) is 6.19. The molecule has 0 bridgehead atoms. The minimum atomic E-state index is -0.0839. The zero-order chi connectivity index (χ0) is 17.4. The second-order valence-electron chi connectivity index (χ2n) is 6.64. The molecule has 0 saturated heterocycles. The predicted octanol–water partition coefficient (Wildman–Crippen LogP) is 3.25. The average Bonchev–Trinajstić information content (AvgIpc) is 2.61. The average molecular weight is 335 g/mol. The summed E-state index contributed by atoms with van der Waals surface area (Å²) in [5.41, 5.74) is 3.94. The third-order valence-electron chi connectivity index (χ3n) is 4.93. The molecule has 1 aromatic heterocycles. The molecule has 0 radical (unpaired) electrons. The minimum absolute atomic E-state index is 0.00597. The Kier molecular flexibility index (Phi) is 4.03. The molecule has 1 atom stereocenters. The monoisotopic (exact) mass is 335 g/mol. The molecule has 1 saturated carbocycles. The zero-order valence-corrected chi connectivity index (χ0v) is 14.5. The number of hydrogen-bond acceptors (Lipinski definition) is 4. The summed E-state index contributed by atoms with van der Waals surface area (Å²) in [6.07, 6.45) is 4.89. The summed E-state index contributed by atoms with van der Waals surface area (Å²) in [7, 11) is 0. The highest BCUT2D eigenvalue weighted by Crippen LogP contribution is 2.25. The molecule has 2 aromatic rings. The van der Waals surface area contributed by atoms with Crippen LogP contribution in [-0.4, -0.2) is 27.5 Å². The lowest BCUT2D eigenvalue weighted by molar-refractivity contribution is -0.122. The maximum atomic E-state index is 12.3. The van der Waals surface area contributed by atoms with E-state index in [1.54, 1.807) is 0 Å². The highest BCUT2D eigenvalue weighted by Gasteiger charge is 2.31. The van der Waals surface area contributed by atoms with Crippen LogP contribution in [0.2, 0.25) is 0 Å². The summed E-state index contributed by atoms with van der Waals surface area (Å²) in [6.45, 7) is 4.08. The molecule has 1 aromatic carbocycles. The zero-order valence-electron chi connectivity index (χ0n) is 14.5. The van der Waals surface area contributed by atoms with Gasteiger partial charge in [0.15, 0.2) is 0 Å². The molecule has 1 unspecified atom stereocenters. The topological polar surface area (TPSA) is 79.6 Å². The molecule has 2 heterocycles. The standard InChI is InChI=1S/C19H21N5O/c1-3-12-8-9-16-14(10-12)11(2)20-18(22-16)24-19-21-15-7-5-4-6-13(15)17(25)23-19/h8-10,13H,3-7H2,1-2H3,(H,20,22,23,24,25). The lowest BCUT2D eigenvalue weighted by Crippen LogP contribution is -2.44. The number of nitrogens with zero attached hydrogens (tertiary/aromatic N) is 4. The molecule has 4 rings (SSSR count). The second-order valence-corrected chi connectivity index (χ2v) is 6.64. The van der Waals surface area contributed by atoms with Gasteiger partial charge < -0.3 is 0 Å². The third kappa shape index (κ3) is 3.04. The summed E-state index contributed by atoms with van der Waals surface area (Å²) < 4.78 is 0. The highest BCUT2D eigenvalue weighted by atomic mass is 16.2. The fourth-order valence-electron chi connectivity index (χ4n) is 3.50. The SMILES string of the molecule is CCc1ccc2nc(/N=C3/N=C4CCCCC4C(=O)N3)nc(C)c2c1.